The van der Waals surface area contributed by atoms with E-state index >= 15 is 0 Å². The zero-order valence-corrected chi connectivity index (χ0v) is 11.4. The summed E-state index contributed by atoms with van der Waals surface area (Å²) in [6, 6.07) is 4.75. The molecule has 4 heteroatoms. The van der Waals surface area contributed by atoms with Crippen LogP contribution in [0, 0.1) is 5.92 Å². The molecule has 0 atom stereocenters. The van der Waals surface area contributed by atoms with Crippen LogP contribution in [0.2, 0.25) is 0 Å². The average Bonchev–Trinajstić information content (AvgIpc) is 2.40. The number of pyridine rings is 1. The Morgan fingerprint density at radius 2 is 2.11 bits per heavy atom. The second-order valence-electron chi connectivity index (χ2n) is 5.48. The quantitative estimate of drug-likeness (QED) is 0.634. The summed E-state index contributed by atoms with van der Waals surface area (Å²) in [5, 5.41) is 0. The Morgan fingerprint density at radius 3 is 2.78 bits per heavy atom. The molecule has 0 spiro atoms. The molecule has 0 aromatic carbocycles. The van der Waals surface area contributed by atoms with E-state index < -0.39 is 0 Å². The molecule has 1 aromatic rings. The number of nitrogen functional groups attached to an aromatic ring is 1. The molecule has 1 aliphatic rings. The highest BCUT2D eigenvalue weighted by Crippen LogP contribution is 2.27. The van der Waals surface area contributed by atoms with Gasteiger partial charge in [-0.1, -0.05) is 13.0 Å². The molecule has 4 nitrogen and oxygen atoms in total. The van der Waals surface area contributed by atoms with Gasteiger partial charge in [-0.2, -0.15) is 0 Å². The van der Waals surface area contributed by atoms with Gasteiger partial charge in [0.2, 0.25) is 0 Å². The highest BCUT2D eigenvalue weighted by Gasteiger charge is 2.22. The van der Waals surface area contributed by atoms with Crippen molar-refractivity contribution in [2.75, 3.05) is 12.5 Å². The van der Waals surface area contributed by atoms with Crippen LogP contribution in [0.5, 0.6) is 0 Å². The molecule has 1 fully saturated rings. The minimum Gasteiger partial charge on any atom is -0.308 e. The highest BCUT2D eigenvalue weighted by molar-refractivity contribution is 5.42. The molecular formula is C14H24N4. The van der Waals surface area contributed by atoms with E-state index in [2.05, 4.69) is 35.3 Å². The lowest BCUT2D eigenvalue weighted by molar-refractivity contribution is 0.164. The molecule has 0 bridgehead atoms. The van der Waals surface area contributed by atoms with Gasteiger partial charge in [-0.3, -0.25) is 4.90 Å². The monoisotopic (exact) mass is 248 g/mol. The van der Waals surface area contributed by atoms with Crippen molar-refractivity contribution < 1.29 is 0 Å². The Kier molecular flexibility index (Phi) is 4.55. The first-order valence-electron chi connectivity index (χ1n) is 6.81. The molecule has 18 heavy (non-hydrogen) atoms. The summed E-state index contributed by atoms with van der Waals surface area (Å²) in [6.07, 6.45) is 7.09. The first kappa shape index (κ1) is 13.3. The minimum atomic E-state index is 0.701. The maximum Gasteiger partial charge on any atom is 0.144 e. The summed E-state index contributed by atoms with van der Waals surface area (Å²) in [4.78, 5) is 6.68. The van der Waals surface area contributed by atoms with Crippen molar-refractivity contribution in [2.45, 2.75) is 45.2 Å². The van der Waals surface area contributed by atoms with Gasteiger partial charge in [0.25, 0.3) is 0 Å². The summed E-state index contributed by atoms with van der Waals surface area (Å²) in [5.74, 6) is 7.18. The zero-order valence-electron chi connectivity index (χ0n) is 11.4. The molecule has 3 N–H and O–H groups in total. The molecule has 1 aliphatic carbocycles. The van der Waals surface area contributed by atoms with Gasteiger partial charge in [0.05, 0.1) is 0 Å². The maximum atomic E-state index is 5.49. The van der Waals surface area contributed by atoms with Gasteiger partial charge in [0.15, 0.2) is 0 Å². The second kappa shape index (κ2) is 6.16. The van der Waals surface area contributed by atoms with Crippen molar-refractivity contribution in [3.63, 3.8) is 0 Å². The van der Waals surface area contributed by atoms with Crippen molar-refractivity contribution >= 4 is 5.82 Å². The second-order valence-corrected chi connectivity index (χ2v) is 5.48. The van der Waals surface area contributed by atoms with Crippen LogP contribution >= 0.6 is 0 Å². The largest absolute Gasteiger partial charge is 0.308 e. The number of nitrogens with two attached hydrogens (primary N) is 1. The smallest absolute Gasteiger partial charge is 0.144 e. The van der Waals surface area contributed by atoms with Crippen LogP contribution in [0.1, 0.15) is 38.2 Å². The van der Waals surface area contributed by atoms with Crippen molar-refractivity contribution in [1.82, 2.24) is 9.88 Å². The van der Waals surface area contributed by atoms with Gasteiger partial charge < -0.3 is 5.43 Å². The zero-order chi connectivity index (χ0) is 13.0. The fraction of sp³-hybridized carbons (Fsp3) is 0.643. The van der Waals surface area contributed by atoms with Crippen molar-refractivity contribution in [3.8, 4) is 0 Å². The SMILES string of the molecule is CC1CCC(N(C)Cc2cccnc2NN)CC1. The van der Waals surface area contributed by atoms with E-state index in [-0.39, 0.29) is 0 Å². The summed E-state index contributed by atoms with van der Waals surface area (Å²) in [6.45, 7) is 3.26. The Balaban J connectivity index is 1.96. The molecule has 2 rings (SSSR count). The van der Waals surface area contributed by atoms with Crippen LogP contribution in [-0.4, -0.2) is 23.0 Å². The molecule has 0 radical (unpaired) electrons. The highest BCUT2D eigenvalue weighted by atomic mass is 15.3. The topological polar surface area (TPSA) is 54.2 Å². The normalized spacial score (nSPS) is 24.2. The van der Waals surface area contributed by atoms with Crippen LogP contribution in [0.25, 0.3) is 0 Å². The first-order valence-corrected chi connectivity index (χ1v) is 6.81. The minimum absolute atomic E-state index is 0.701. The Bertz CT molecular complexity index is 372. The number of aromatic nitrogens is 1. The van der Waals surface area contributed by atoms with E-state index in [1.54, 1.807) is 6.20 Å². The fourth-order valence-electron chi connectivity index (χ4n) is 2.78. The predicted octanol–water partition coefficient (Wildman–Crippen LogP) is 2.38. The number of anilines is 1. The van der Waals surface area contributed by atoms with E-state index in [1.165, 1.54) is 31.2 Å². The summed E-state index contributed by atoms with van der Waals surface area (Å²) in [5.41, 5.74) is 3.84. The van der Waals surface area contributed by atoms with E-state index in [4.69, 9.17) is 5.84 Å². The van der Waals surface area contributed by atoms with Crippen LogP contribution in [-0.2, 0) is 6.54 Å². The van der Waals surface area contributed by atoms with E-state index in [1.807, 2.05) is 6.07 Å². The van der Waals surface area contributed by atoms with Gasteiger partial charge in [-0.25, -0.2) is 10.8 Å². The number of nitrogens with zero attached hydrogens (tertiary/aromatic N) is 2. The third-order valence-electron chi connectivity index (χ3n) is 4.06. The molecule has 0 saturated heterocycles. The standard InChI is InChI=1S/C14H24N4/c1-11-5-7-13(8-6-11)18(2)10-12-4-3-9-16-14(12)17-15/h3-4,9,11,13H,5-8,10,15H2,1-2H3,(H,16,17). The number of nitrogens with one attached hydrogen (secondary N) is 1. The predicted molar refractivity (Wildman–Crippen MR) is 74.9 cm³/mol. The molecule has 1 heterocycles. The van der Waals surface area contributed by atoms with Crippen LogP contribution in [0.4, 0.5) is 5.82 Å². The summed E-state index contributed by atoms with van der Waals surface area (Å²) < 4.78 is 0. The molecule has 0 unspecified atom stereocenters. The van der Waals surface area contributed by atoms with Crippen molar-refractivity contribution in [1.29, 1.82) is 0 Å². The van der Waals surface area contributed by atoms with Gasteiger partial charge in [-0.05, 0) is 44.7 Å². The van der Waals surface area contributed by atoms with Crippen LogP contribution in [0.15, 0.2) is 18.3 Å². The van der Waals surface area contributed by atoms with Crippen molar-refractivity contribution in [3.05, 3.63) is 23.9 Å². The van der Waals surface area contributed by atoms with E-state index in [0.29, 0.717) is 6.04 Å². The molecule has 1 aromatic heterocycles. The summed E-state index contributed by atoms with van der Waals surface area (Å²) in [7, 11) is 2.20. The lowest BCUT2D eigenvalue weighted by atomic mass is 9.86. The fourth-order valence-corrected chi connectivity index (χ4v) is 2.78. The lowest BCUT2D eigenvalue weighted by Gasteiger charge is -2.33. The summed E-state index contributed by atoms with van der Waals surface area (Å²) >= 11 is 0. The Labute approximate surface area is 110 Å². The Hall–Kier alpha value is -1.13. The van der Waals surface area contributed by atoms with E-state index in [9.17, 15) is 0 Å². The van der Waals surface area contributed by atoms with E-state index in [0.717, 1.165) is 18.3 Å². The van der Waals surface area contributed by atoms with Gasteiger partial charge in [-0.15, -0.1) is 0 Å². The third kappa shape index (κ3) is 3.21. The van der Waals surface area contributed by atoms with Crippen LogP contribution in [0.3, 0.4) is 0 Å². The Morgan fingerprint density at radius 1 is 1.39 bits per heavy atom. The van der Waals surface area contributed by atoms with Gasteiger partial charge >= 0.3 is 0 Å². The van der Waals surface area contributed by atoms with Gasteiger partial charge in [0.1, 0.15) is 5.82 Å². The van der Waals surface area contributed by atoms with Gasteiger partial charge in [0, 0.05) is 24.3 Å². The number of hydrazine groups is 1. The first-order chi connectivity index (χ1) is 8.70. The van der Waals surface area contributed by atoms with Crippen molar-refractivity contribution in [2.24, 2.45) is 11.8 Å². The molecule has 100 valence electrons. The molecule has 1 saturated carbocycles. The number of hydrogen-bond acceptors (Lipinski definition) is 4. The average molecular weight is 248 g/mol. The lowest BCUT2D eigenvalue weighted by Crippen LogP contribution is -2.34. The number of hydrogen-bond donors (Lipinski definition) is 2. The molecular weight excluding hydrogens is 224 g/mol. The molecule has 0 aliphatic heterocycles. The number of rotatable bonds is 4. The molecule has 0 amide bonds. The van der Waals surface area contributed by atoms with Crippen LogP contribution < -0.4 is 11.3 Å². The third-order valence-corrected chi connectivity index (χ3v) is 4.06. The maximum absolute atomic E-state index is 5.49.